The Balaban J connectivity index is 2.00. The summed E-state index contributed by atoms with van der Waals surface area (Å²) in [6.07, 6.45) is 5.31. The van der Waals surface area contributed by atoms with Gasteiger partial charge in [0.1, 0.15) is 12.7 Å². The minimum atomic E-state index is -2.19. The summed E-state index contributed by atoms with van der Waals surface area (Å²) in [5.74, 6) is -1.43. The van der Waals surface area contributed by atoms with Gasteiger partial charge in [-0.2, -0.15) is 0 Å². The van der Waals surface area contributed by atoms with Gasteiger partial charge >= 0.3 is 11.9 Å². The maximum absolute atomic E-state index is 12.5. The van der Waals surface area contributed by atoms with Gasteiger partial charge in [0.2, 0.25) is 5.60 Å². The molecule has 0 amide bonds. The minimum Gasteiger partial charge on any atom is -0.459 e. The summed E-state index contributed by atoms with van der Waals surface area (Å²) < 4.78 is 11.0. The molecule has 0 bridgehead atoms. The summed E-state index contributed by atoms with van der Waals surface area (Å²) >= 11 is 0. The molecule has 1 fully saturated rings. The maximum atomic E-state index is 12.5. The molecule has 0 aliphatic carbocycles. The lowest BCUT2D eigenvalue weighted by Crippen LogP contribution is -2.46. The van der Waals surface area contributed by atoms with E-state index in [4.69, 9.17) is 9.47 Å². The van der Waals surface area contributed by atoms with Gasteiger partial charge in [-0.05, 0) is 37.5 Å². The molecule has 3 atom stereocenters. The average molecular weight is 349 g/mol. The molecule has 0 radical (unpaired) electrons. The predicted molar refractivity (Wildman–Crippen MR) is 88.4 cm³/mol. The highest BCUT2D eigenvalue weighted by molar-refractivity contribution is 5.93. The largest absolute Gasteiger partial charge is 0.459 e. The summed E-state index contributed by atoms with van der Waals surface area (Å²) in [4.78, 5) is 27.1. The van der Waals surface area contributed by atoms with Crippen molar-refractivity contribution in [2.75, 3.05) is 26.3 Å². The number of allylic oxidation sites excluding steroid dienone is 1. The lowest BCUT2D eigenvalue weighted by molar-refractivity contribution is -0.164. The standard InChI is InChI=1S/C18H23NO6/c1-3-12-8-11(2)18(23,10-20)17(22)24-9-13-4-6-19-7-5-14(15(13)19)25-16(12)21/h3-4,8,14-15,20,23H,5-7,9-10H2,1-2H3/b11-8+,12-3-/t14-,15-,18?/m1/s1. The van der Waals surface area contributed by atoms with E-state index in [2.05, 4.69) is 4.90 Å². The number of carbonyl (C=O) groups excluding carboxylic acids is 2. The molecule has 3 heterocycles. The normalized spacial score (nSPS) is 37.4. The van der Waals surface area contributed by atoms with Crippen LogP contribution in [0.15, 0.2) is 34.9 Å². The Morgan fingerprint density at radius 1 is 1.44 bits per heavy atom. The van der Waals surface area contributed by atoms with E-state index in [0.29, 0.717) is 6.54 Å². The van der Waals surface area contributed by atoms with Gasteiger partial charge in [-0.15, -0.1) is 0 Å². The summed E-state index contributed by atoms with van der Waals surface area (Å²) in [6.45, 7) is 3.82. The maximum Gasteiger partial charge on any atom is 0.345 e. The van der Waals surface area contributed by atoms with Gasteiger partial charge in [0, 0.05) is 13.1 Å². The quantitative estimate of drug-likeness (QED) is 0.393. The van der Waals surface area contributed by atoms with Gasteiger partial charge in [0.05, 0.1) is 18.2 Å². The Kier molecular flexibility index (Phi) is 4.81. The highest BCUT2D eigenvalue weighted by Crippen LogP contribution is 2.33. The summed E-state index contributed by atoms with van der Waals surface area (Å²) in [5, 5.41) is 20.1. The number of hydrogen-bond acceptors (Lipinski definition) is 7. The van der Waals surface area contributed by atoms with E-state index in [9.17, 15) is 19.8 Å². The third-order valence-corrected chi connectivity index (χ3v) is 5.18. The molecule has 25 heavy (non-hydrogen) atoms. The number of aliphatic hydroxyl groups is 2. The Labute approximate surface area is 146 Å². The smallest absolute Gasteiger partial charge is 0.345 e. The highest BCUT2D eigenvalue weighted by atomic mass is 16.6. The molecule has 0 spiro atoms. The van der Waals surface area contributed by atoms with E-state index >= 15 is 0 Å². The van der Waals surface area contributed by atoms with Crippen LogP contribution in [0.3, 0.4) is 0 Å². The van der Waals surface area contributed by atoms with Crippen LogP contribution in [0.4, 0.5) is 0 Å². The first-order valence-electron chi connectivity index (χ1n) is 8.40. The van der Waals surface area contributed by atoms with Crippen molar-refractivity contribution in [1.29, 1.82) is 0 Å². The number of esters is 2. The van der Waals surface area contributed by atoms with Crippen LogP contribution >= 0.6 is 0 Å². The molecule has 7 heteroatoms. The van der Waals surface area contributed by atoms with Gasteiger partial charge < -0.3 is 19.7 Å². The van der Waals surface area contributed by atoms with Crippen LogP contribution in [-0.2, 0) is 19.1 Å². The molecule has 3 rings (SSSR count). The van der Waals surface area contributed by atoms with E-state index < -0.39 is 24.1 Å². The van der Waals surface area contributed by atoms with Gasteiger partial charge in [-0.1, -0.05) is 12.2 Å². The number of cyclic esters (lactones) is 1. The number of aliphatic hydroxyl groups excluding tert-OH is 1. The van der Waals surface area contributed by atoms with Crippen LogP contribution in [-0.4, -0.2) is 71.1 Å². The van der Waals surface area contributed by atoms with E-state index in [0.717, 1.165) is 18.5 Å². The second-order valence-electron chi connectivity index (χ2n) is 6.62. The van der Waals surface area contributed by atoms with Crippen LogP contribution in [0, 0.1) is 0 Å². The number of carbonyl (C=O) groups is 2. The summed E-state index contributed by atoms with van der Waals surface area (Å²) in [7, 11) is 0. The van der Waals surface area contributed by atoms with Crippen LogP contribution in [0.2, 0.25) is 0 Å². The number of rotatable bonds is 1. The number of nitrogens with zero attached hydrogens (tertiary/aromatic N) is 1. The molecule has 0 aromatic carbocycles. The van der Waals surface area contributed by atoms with Gasteiger partial charge in [-0.25, -0.2) is 9.59 Å². The topological polar surface area (TPSA) is 96.3 Å². The minimum absolute atomic E-state index is 0.000114. The first-order chi connectivity index (χ1) is 11.9. The molecule has 0 aromatic heterocycles. The fraction of sp³-hybridized carbons (Fsp3) is 0.556. The van der Waals surface area contributed by atoms with Crippen molar-refractivity contribution < 1.29 is 29.3 Å². The van der Waals surface area contributed by atoms with E-state index in [1.165, 1.54) is 13.0 Å². The zero-order valence-electron chi connectivity index (χ0n) is 14.4. The fourth-order valence-corrected chi connectivity index (χ4v) is 3.56. The Morgan fingerprint density at radius 3 is 2.88 bits per heavy atom. The average Bonchev–Trinajstić information content (AvgIpc) is 3.18. The molecule has 3 aliphatic heterocycles. The third-order valence-electron chi connectivity index (χ3n) is 5.18. The van der Waals surface area contributed by atoms with Crippen molar-refractivity contribution in [3.63, 3.8) is 0 Å². The molecule has 7 nitrogen and oxygen atoms in total. The van der Waals surface area contributed by atoms with Gasteiger partial charge in [-0.3, -0.25) is 4.90 Å². The van der Waals surface area contributed by atoms with Crippen molar-refractivity contribution in [3.8, 4) is 0 Å². The van der Waals surface area contributed by atoms with Crippen LogP contribution < -0.4 is 0 Å². The van der Waals surface area contributed by atoms with Crippen LogP contribution in [0.1, 0.15) is 20.3 Å². The van der Waals surface area contributed by atoms with E-state index in [1.54, 1.807) is 13.0 Å². The monoisotopic (exact) mass is 349 g/mol. The van der Waals surface area contributed by atoms with Crippen molar-refractivity contribution in [2.45, 2.75) is 38.0 Å². The second kappa shape index (κ2) is 6.74. The van der Waals surface area contributed by atoms with Gasteiger partial charge in [0.25, 0.3) is 0 Å². The lowest BCUT2D eigenvalue weighted by atomic mass is 9.93. The van der Waals surface area contributed by atoms with Crippen molar-refractivity contribution in [1.82, 2.24) is 4.90 Å². The molecular formula is C18H23NO6. The highest BCUT2D eigenvalue weighted by Gasteiger charge is 2.44. The van der Waals surface area contributed by atoms with Gasteiger partial charge in [0.15, 0.2) is 0 Å². The SMILES string of the molecule is C/C=C1/C=C(\C)C(O)(CO)C(=O)OCC2=CCN3CC[C@@H](OC1=O)[C@@H]23. The Morgan fingerprint density at radius 2 is 2.20 bits per heavy atom. The van der Waals surface area contributed by atoms with Crippen molar-refractivity contribution in [3.05, 3.63) is 34.9 Å². The summed E-state index contributed by atoms with van der Waals surface area (Å²) in [5.41, 5.74) is -0.995. The third kappa shape index (κ3) is 3.03. The zero-order valence-corrected chi connectivity index (χ0v) is 14.4. The second-order valence-corrected chi connectivity index (χ2v) is 6.62. The van der Waals surface area contributed by atoms with E-state index in [1.807, 2.05) is 6.08 Å². The first kappa shape index (κ1) is 17.8. The molecule has 1 unspecified atom stereocenters. The molecule has 2 N–H and O–H groups in total. The molecule has 136 valence electrons. The number of hydrogen-bond donors (Lipinski definition) is 2. The summed E-state index contributed by atoms with van der Waals surface area (Å²) in [6, 6.07) is -0.110. The van der Waals surface area contributed by atoms with Crippen LogP contribution in [0.25, 0.3) is 0 Å². The van der Waals surface area contributed by atoms with E-state index in [-0.39, 0.29) is 29.9 Å². The molecule has 1 saturated heterocycles. The lowest BCUT2D eigenvalue weighted by Gasteiger charge is -2.28. The fourth-order valence-electron chi connectivity index (χ4n) is 3.56. The van der Waals surface area contributed by atoms with Crippen LogP contribution in [0.5, 0.6) is 0 Å². The first-order valence-corrected chi connectivity index (χ1v) is 8.40. The Hall–Kier alpha value is -1.96. The predicted octanol–water partition coefficient (Wildman–Crippen LogP) is 0.0853. The molecule has 0 aromatic rings. The van der Waals surface area contributed by atoms with Crippen molar-refractivity contribution >= 4 is 11.9 Å². The molecule has 0 saturated carbocycles. The molecule has 3 aliphatic rings. The van der Waals surface area contributed by atoms with Crippen molar-refractivity contribution in [2.24, 2.45) is 0 Å². The molecular weight excluding hydrogens is 326 g/mol. The number of ether oxygens (including phenoxy) is 2. The zero-order chi connectivity index (χ0) is 18.2. The Bertz CT molecular complexity index is 679.